The lowest BCUT2D eigenvalue weighted by Crippen LogP contribution is -2.03. The maximum atomic E-state index is 4.98. The SMILES string of the molecule is Cc1cc(C)cc(Nc2cc(-c3ccccc3)nc3c(-c4ccccc4)cnn23)c1. The smallest absolute Gasteiger partial charge is 0.165 e. The van der Waals surface area contributed by atoms with Crippen molar-refractivity contribution in [1.82, 2.24) is 14.6 Å². The third kappa shape index (κ3) is 3.44. The Morgan fingerprint density at radius 2 is 1.37 bits per heavy atom. The Morgan fingerprint density at radius 1 is 0.733 bits per heavy atom. The van der Waals surface area contributed by atoms with Gasteiger partial charge in [-0.15, -0.1) is 0 Å². The molecule has 2 aromatic heterocycles. The van der Waals surface area contributed by atoms with Gasteiger partial charge >= 0.3 is 0 Å². The maximum Gasteiger partial charge on any atom is 0.165 e. The molecule has 2 heterocycles. The Hall–Kier alpha value is -3.92. The lowest BCUT2D eigenvalue weighted by atomic mass is 10.1. The van der Waals surface area contributed by atoms with E-state index in [2.05, 4.69) is 72.8 Å². The van der Waals surface area contributed by atoms with E-state index < -0.39 is 0 Å². The molecule has 0 aliphatic carbocycles. The van der Waals surface area contributed by atoms with E-state index in [1.165, 1.54) is 11.1 Å². The van der Waals surface area contributed by atoms with Crippen LogP contribution in [0.5, 0.6) is 0 Å². The Balaban J connectivity index is 1.71. The van der Waals surface area contributed by atoms with Gasteiger partial charge in [-0.2, -0.15) is 9.61 Å². The second-order valence-corrected chi connectivity index (χ2v) is 7.55. The highest BCUT2D eigenvalue weighted by Crippen LogP contribution is 2.30. The standard InChI is InChI=1S/C26H22N4/c1-18-13-19(2)15-22(14-18)28-25-16-24(21-11-7-4-8-12-21)29-26-23(17-27-30(25)26)20-9-5-3-6-10-20/h3-17,28H,1-2H3. The molecule has 4 nitrogen and oxygen atoms in total. The second-order valence-electron chi connectivity index (χ2n) is 7.55. The molecule has 30 heavy (non-hydrogen) atoms. The average Bonchev–Trinajstić information content (AvgIpc) is 3.19. The molecule has 0 saturated heterocycles. The van der Waals surface area contributed by atoms with Crippen molar-refractivity contribution < 1.29 is 0 Å². The predicted octanol–water partition coefficient (Wildman–Crippen LogP) is 6.42. The molecule has 1 N–H and O–H groups in total. The number of hydrogen-bond acceptors (Lipinski definition) is 3. The number of aromatic nitrogens is 3. The van der Waals surface area contributed by atoms with E-state index in [0.717, 1.165) is 39.5 Å². The normalized spacial score (nSPS) is 11.0. The Bertz CT molecular complexity index is 1300. The maximum absolute atomic E-state index is 4.98. The van der Waals surface area contributed by atoms with E-state index in [9.17, 15) is 0 Å². The first-order chi connectivity index (χ1) is 14.7. The fraction of sp³-hybridized carbons (Fsp3) is 0.0769. The van der Waals surface area contributed by atoms with Crippen LogP contribution < -0.4 is 5.32 Å². The van der Waals surface area contributed by atoms with Crippen molar-refractivity contribution >= 4 is 17.2 Å². The van der Waals surface area contributed by atoms with Crippen molar-refractivity contribution in [2.24, 2.45) is 0 Å². The first-order valence-corrected chi connectivity index (χ1v) is 10.0. The van der Waals surface area contributed by atoms with Crippen LogP contribution in [0.15, 0.2) is 91.1 Å². The number of aryl methyl sites for hydroxylation is 2. The molecular formula is C26H22N4. The van der Waals surface area contributed by atoms with Crippen LogP contribution in [-0.2, 0) is 0 Å². The number of hydrogen-bond donors (Lipinski definition) is 1. The van der Waals surface area contributed by atoms with Crippen LogP contribution in [0.2, 0.25) is 0 Å². The summed E-state index contributed by atoms with van der Waals surface area (Å²) in [4.78, 5) is 4.98. The van der Waals surface area contributed by atoms with Gasteiger partial charge in [0.05, 0.1) is 11.9 Å². The van der Waals surface area contributed by atoms with E-state index in [0.29, 0.717) is 0 Å². The summed E-state index contributed by atoms with van der Waals surface area (Å²) in [6.07, 6.45) is 1.89. The highest BCUT2D eigenvalue weighted by molar-refractivity contribution is 5.81. The molecule has 5 aromatic rings. The Kier molecular flexibility index (Phi) is 4.52. The average molecular weight is 390 g/mol. The first kappa shape index (κ1) is 18.1. The molecule has 0 saturated carbocycles. The van der Waals surface area contributed by atoms with Gasteiger partial charge in [0.15, 0.2) is 5.65 Å². The number of anilines is 2. The molecule has 3 aromatic carbocycles. The molecular weight excluding hydrogens is 368 g/mol. The van der Waals surface area contributed by atoms with Crippen LogP contribution in [0.4, 0.5) is 11.5 Å². The van der Waals surface area contributed by atoms with Crippen LogP contribution in [0.1, 0.15) is 11.1 Å². The van der Waals surface area contributed by atoms with Gasteiger partial charge in [0, 0.05) is 22.9 Å². The lowest BCUT2D eigenvalue weighted by Gasteiger charge is -2.12. The second kappa shape index (κ2) is 7.48. The van der Waals surface area contributed by atoms with Crippen LogP contribution in [0.3, 0.4) is 0 Å². The van der Waals surface area contributed by atoms with Crippen LogP contribution in [0, 0.1) is 13.8 Å². The van der Waals surface area contributed by atoms with Crippen LogP contribution >= 0.6 is 0 Å². The molecule has 0 unspecified atom stereocenters. The molecule has 0 radical (unpaired) electrons. The van der Waals surface area contributed by atoms with Crippen molar-refractivity contribution in [1.29, 1.82) is 0 Å². The Morgan fingerprint density at radius 3 is 2.03 bits per heavy atom. The zero-order valence-electron chi connectivity index (χ0n) is 17.0. The number of nitrogens with one attached hydrogen (secondary N) is 1. The minimum atomic E-state index is 0.828. The highest BCUT2D eigenvalue weighted by Gasteiger charge is 2.14. The summed E-state index contributed by atoms with van der Waals surface area (Å²) in [5.74, 6) is 0.881. The molecule has 0 amide bonds. The minimum Gasteiger partial charge on any atom is -0.340 e. The third-order valence-corrected chi connectivity index (χ3v) is 5.12. The van der Waals surface area contributed by atoms with Gasteiger partial charge in [0.25, 0.3) is 0 Å². The van der Waals surface area contributed by atoms with E-state index in [1.807, 2.05) is 47.1 Å². The summed E-state index contributed by atoms with van der Waals surface area (Å²) in [5.41, 5.74) is 8.40. The number of fused-ring (bicyclic) bond motifs is 1. The monoisotopic (exact) mass is 390 g/mol. The highest BCUT2D eigenvalue weighted by atomic mass is 15.3. The summed E-state index contributed by atoms with van der Waals surface area (Å²) >= 11 is 0. The lowest BCUT2D eigenvalue weighted by molar-refractivity contribution is 0.949. The predicted molar refractivity (Wildman–Crippen MR) is 123 cm³/mol. The zero-order chi connectivity index (χ0) is 20.5. The molecule has 0 aliphatic heterocycles. The van der Waals surface area contributed by atoms with Crippen LogP contribution in [0.25, 0.3) is 28.0 Å². The molecule has 0 aliphatic rings. The van der Waals surface area contributed by atoms with Gasteiger partial charge < -0.3 is 5.32 Å². The molecule has 0 bridgehead atoms. The molecule has 146 valence electrons. The molecule has 4 heteroatoms. The fourth-order valence-electron chi connectivity index (χ4n) is 3.82. The molecule has 0 fully saturated rings. The summed E-state index contributed by atoms with van der Waals surface area (Å²) in [5, 5.41) is 8.23. The molecule has 0 atom stereocenters. The molecule has 0 spiro atoms. The number of benzene rings is 3. The summed E-state index contributed by atoms with van der Waals surface area (Å²) in [7, 11) is 0. The number of nitrogens with zero attached hydrogens (tertiary/aromatic N) is 3. The van der Waals surface area contributed by atoms with Crippen molar-refractivity contribution in [3.05, 3.63) is 102 Å². The van der Waals surface area contributed by atoms with E-state index in [1.54, 1.807) is 0 Å². The summed E-state index contributed by atoms with van der Waals surface area (Å²) in [6, 6.07) is 29.0. The van der Waals surface area contributed by atoms with Gasteiger partial charge in [0.1, 0.15) is 5.82 Å². The molecule has 5 rings (SSSR count). The van der Waals surface area contributed by atoms with E-state index in [4.69, 9.17) is 4.98 Å². The van der Waals surface area contributed by atoms with Gasteiger partial charge in [-0.3, -0.25) is 0 Å². The van der Waals surface area contributed by atoms with Crippen molar-refractivity contribution in [2.45, 2.75) is 13.8 Å². The van der Waals surface area contributed by atoms with E-state index >= 15 is 0 Å². The summed E-state index contributed by atoms with van der Waals surface area (Å²) in [6.45, 7) is 4.22. The van der Waals surface area contributed by atoms with Crippen molar-refractivity contribution in [3.8, 4) is 22.4 Å². The minimum absolute atomic E-state index is 0.828. The van der Waals surface area contributed by atoms with Gasteiger partial charge in [0.2, 0.25) is 0 Å². The first-order valence-electron chi connectivity index (χ1n) is 10.0. The Labute approximate surface area is 175 Å². The van der Waals surface area contributed by atoms with Gasteiger partial charge in [-0.05, 0) is 42.7 Å². The summed E-state index contributed by atoms with van der Waals surface area (Å²) < 4.78 is 1.88. The van der Waals surface area contributed by atoms with Crippen LogP contribution in [-0.4, -0.2) is 14.6 Å². The van der Waals surface area contributed by atoms with Gasteiger partial charge in [-0.1, -0.05) is 66.7 Å². The largest absolute Gasteiger partial charge is 0.340 e. The zero-order valence-corrected chi connectivity index (χ0v) is 17.0. The third-order valence-electron chi connectivity index (χ3n) is 5.12. The van der Waals surface area contributed by atoms with Crippen molar-refractivity contribution in [2.75, 3.05) is 5.32 Å². The quantitative estimate of drug-likeness (QED) is 0.385. The van der Waals surface area contributed by atoms with Gasteiger partial charge in [-0.25, -0.2) is 4.98 Å². The fourth-order valence-corrected chi connectivity index (χ4v) is 3.82. The number of rotatable bonds is 4. The van der Waals surface area contributed by atoms with E-state index in [-0.39, 0.29) is 0 Å². The topological polar surface area (TPSA) is 42.2 Å². The van der Waals surface area contributed by atoms with Crippen molar-refractivity contribution in [3.63, 3.8) is 0 Å².